The van der Waals surface area contributed by atoms with E-state index < -0.39 is 0 Å². The van der Waals surface area contributed by atoms with Crippen LogP contribution < -0.4 is 5.32 Å². The van der Waals surface area contributed by atoms with E-state index in [0.29, 0.717) is 0 Å². The smallest absolute Gasteiger partial charge is 0.113 e. The van der Waals surface area contributed by atoms with E-state index in [0.717, 1.165) is 28.8 Å². The molecule has 0 fully saturated rings. The number of fused-ring (bicyclic) bond motifs is 1. The topological polar surface area (TPSA) is 42.7 Å². The van der Waals surface area contributed by atoms with Crippen molar-refractivity contribution in [2.45, 2.75) is 13.3 Å². The second-order valence-electron chi connectivity index (χ2n) is 4.40. The highest BCUT2D eigenvalue weighted by Gasteiger charge is 2.11. The number of benzene rings is 2. The van der Waals surface area contributed by atoms with Gasteiger partial charge in [0.25, 0.3) is 0 Å². The number of aromatic nitrogens is 3. The zero-order valence-electron chi connectivity index (χ0n) is 11.1. The van der Waals surface area contributed by atoms with Crippen molar-refractivity contribution >= 4 is 16.7 Å². The van der Waals surface area contributed by atoms with E-state index in [-0.39, 0.29) is 0 Å². The molecule has 19 heavy (non-hydrogen) atoms. The quantitative estimate of drug-likeness (QED) is 0.779. The first kappa shape index (κ1) is 11.7. The third-order valence-electron chi connectivity index (χ3n) is 3.35. The van der Waals surface area contributed by atoms with Gasteiger partial charge in [0.15, 0.2) is 0 Å². The minimum absolute atomic E-state index is 0.916. The summed E-state index contributed by atoms with van der Waals surface area (Å²) in [6.07, 6.45) is 0.945. The standard InChI is InChI=1S/C15H16N4/c1-3-11-12(16-2)8-6-10-14(11)19-15-9-5-4-7-13(15)17-18-19/h4-10,16H,3H2,1-2H3. The Hall–Kier alpha value is -2.36. The fourth-order valence-electron chi connectivity index (χ4n) is 2.43. The molecule has 96 valence electrons. The number of nitrogens with one attached hydrogen (secondary N) is 1. The Morgan fingerprint density at radius 1 is 1.11 bits per heavy atom. The summed E-state index contributed by atoms with van der Waals surface area (Å²) in [6.45, 7) is 2.15. The van der Waals surface area contributed by atoms with E-state index in [2.05, 4.69) is 34.7 Å². The molecule has 1 heterocycles. The first-order valence-electron chi connectivity index (χ1n) is 6.45. The monoisotopic (exact) mass is 252 g/mol. The Bertz CT molecular complexity index is 715. The third kappa shape index (κ3) is 1.85. The molecule has 0 atom stereocenters. The largest absolute Gasteiger partial charge is 0.388 e. The maximum Gasteiger partial charge on any atom is 0.113 e. The van der Waals surface area contributed by atoms with Crippen molar-refractivity contribution in [3.63, 3.8) is 0 Å². The van der Waals surface area contributed by atoms with Gasteiger partial charge in [0.1, 0.15) is 5.52 Å². The molecule has 0 aliphatic rings. The molecular weight excluding hydrogens is 236 g/mol. The molecule has 0 amide bonds. The van der Waals surface area contributed by atoms with Crippen molar-refractivity contribution in [1.29, 1.82) is 0 Å². The second-order valence-corrected chi connectivity index (χ2v) is 4.40. The molecule has 0 aliphatic carbocycles. The summed E-state index contributed by atoms with van der Waals surface area (Å²) in [5, 5.41) is 11.7. The van der Waals surface area contributed by atoms with Crippen molar-refractivity contribution in [3.05, 3.63) is 48.0 Å². The molecule has 0 aliphatic heterocycles. The zero-order valence-corrected chi connectivity index (χ0v) is 11.1. The van der Waals surface area contributed by atoms with E-state index in [1.807, 2.05) is 42.1 Å². The minimum Gasteiger partial charge on any atom is -0.388 e. The molecule has 0 saturated carbocycles. The predicted octanol–water partition coefficient (Wildman–Crippen LogP) is 3.02. The molecule has 0 spiro atoms. The van der Waals surface area contributed by atoms with E-state index in [1.165, 1.54) is 5.56 Å². The summed E-state index contributed by atoms with van der Waals surface area (Å²) < 4.78 is 1.91. The van der Waals surface area contributed by atoms with Crippen LogP contribution in [0.2, 0.25) is 0 Å². The maximum absolute atomic E-state index is 4.29. The number of nitrogens with zero attached hydrogens (tertiary/aromatic N) is 3. The highest BCUT2D eigenvalue weighted by Crippen LogP contribution is 2.25. The fraction of sp³-hybridized carbons (Fsp3) is 0.200. The first-order valence-corrected chi connectivity index (χ1v) is 6.45. The van der Waals surface area contributed by atoms with Crippen LogP contribution in [-0.4, -0.2) is 22.0 Å². The second kappa shape index (κ2) is 4.72. The number of rotatable bonds is 3. The molecule has 1 N–H and O–H groups in total. The summed E-state index contributed by atoms with van der Waals surface area (Å²) in [6, 6.07) is 14.2. The van der Waals surface area contributed by atoms with Gasteiger partial charge in [-0.1, -0.05) is 30.3 Å². The van der Waals surface area contributed by atoms with Gasteiger partial charge < -0.3 is 5.32 Å². The van der Waals surface area contributed by atoms with Gasteiger partial charge in [0.05, 0.1) is 11.2 Å². The molecule has 4 heteroatoms. The molecule has 4 nitrogen and oxygen atoms in total. The Kier molecular flexibility index (Phi) is 2.91. The average Bonchev–Trinajstić information content (AvgIpc) is 2.90. The van der Waals surface area contributed by atoms with Gasteiger partial charge in [0, 0.05) is 18.3 Å². The fourth-order valence-corrected chi connectivity index (χ4v) is 2.43. The van der Waals surface area contributed by atoms with E-state index in [9.17, 15) is 0 Å². The van der Waals surface area contributed by atoms with Crippen LogP contribution in [0.25, 0.3) is 16.7 Å². The van der Waals surface area contributed by atoms with Gasteiger partial charge in [-0.25, -0.2) is 4.68 Å². The lowest BCUT2D eigenvalue weighted by Crippen LogP contribution is -2.04. The van der Waals surface area contributed by atoms with E-state index in [4.69, 9.17) is 0 Å². The highest BCUT2D eigenvalue weighted by atomic mass is 15.4. The van der Waals surface area contributed by atoms with Crippen LogP contribution in [0.3, 0.4) is 0 Å². The molecule has 0 bridgehead atoms. The van der Waals surface area contributed by atoms with Gasteiger partial charge in [-0.05, 0) is 30.7 Å². The van der Waals surface area contributed by atoms with Gasteiger partial charge >= 0.3 is 0 Å². The third-order valence-corrected chi connectivity index (χ3v) is 3.35. The van der Waals surface area contributed by atoms with Crippen LogP contribution in [0.5, 0.6) is 0 Å². The lowest BCUT2D eigenvalue weighted by Gasteiger charge is -2.13. The molecular formula is C15H16N4. The van der Waals surface area contributed by atoms with Crippen molar-refractivity contribution in [3.8, 4) is 5.69 Å². The Balaban J connectivity index is 2.27. The van der Waals surface area contributed by atoms with Crippen LogP contribution in [-0.2, 0) is 6.42 Å². The van der Waals surface area contributed by atoms with Crippen molar-refractivity contribution in [2.75, 3.05) is 12.4 Å². The molecule has 1 aromatic heterocycles. The number of hydrogen-bond acceptors (Lipinski definition) is 3. The lowest BCUT2D eigenvalue weighted by molar-refractivity contribution is 0.814. The van der Waals surface area contributed by atoms with E-state index in [1.54, 1.807) is 0 Å². The molecule has 0 unspecified atom stereocenters. The summed E-state index contributed by atoms with van der Waals surface area (Å²) in [7, 11) is 1.94. The van der Waals surface area contributed by atoms with Crippen molar-refractivity contribution in [2.24, 2.45) is 0 Å². The maximum atomic E-state index is 4.29. The number of anilines is 1. The van der Waals surface area contributed by atoms with Gasteiger partial charge in [-0.15, -0.1) is 5.10 Å². The number of hydrogen-bond donors (Lipinski definition) is 1. The average molecular weight is 252 g/mol. The van der Waals surface area contributed by atoms with Crippen LogP contribution in [0.15, 0.2) is 42.5 Å². The van der Waals surface area contributed by atoms with Gasteiger partial charge in [-0.2, -0.15) is 0 Å². The zero-order chi connectivity index (χ0) is 13.2. The Labute approximate surface area is 112 Å². The van der Waals surface area contributed by atoms with Gasteiger partial charge in [0.2, 0.25) is 0 Å². The normalized spacial score (nSPS) is 10.8. The molecule has 3 aromatic rings. The van der Waals surface area contributed by atoms with Crippen LogP contribution in [0.1, 0.15) is 12.5 Å². The van der Waals surface area contributed by atoms with Gasteiger partial charge in [-0.3, -0.25) is 0 Å². The van der Waals surface area contributed by atoms with Crippen molar-refractivity contribution < 1.29 is 0 Å². The SMILES string of the molecule is CCc1c(NC)cccc1-n1nnc2ccccc21. The van der Waals surface area contributed by atoms with Crippen molar-refractivity contribution in [1.82, 2.24) is 15.0 Å². The Morgan fingerprint density at radius 3 is 2.74 bits per heavy atom. The first-order chi connectivity index (χ1) is 9.35. The number of para-hydroxylation sites is 1. The molecule has 3 rings (SSSR count). The summed E-state index contributed by atoms with van der Waals surface area (Å²) >= 11 is 0. The highest BCUT2D eigenvalue weighted by molar-refractivity contribution is 5.77. The summed E-state index contributed by atoms with van der Waals surface area (Å²) in [4.78, 5) is 0. The van der Waals surface area contributed by atoms with E-state index >= 15 is 0 Å². The summed E-state index contributed by atoms with van der Waals surface area (Å²) in [5.41, 5.74) is 5.42. The molecule has 0 radical (unpaired) electrons. The predicted molar refractivity (Wildman–Crippen MR) is 77.8 cm³/mol. The van der Waals surface area contributed by atoms with Crippen LogP contribution in [0.4, 0.5) is 5.69 Å². The lowest BCUT2D eigenvalue weighted by atomic mass is 10.1. The van der Waals surface area contributed by atoms with Crippen LogP contribution >= 0.6 is 0 Å². The molecule has 0 saturated heterocycles. The van der Waals surface area contributed by atoms with Crippen LogP contribution in [0, 0.1) is 0 Å². The molecule has 2 aromatic carbocycles. The summed E-state index contributed by atoms with van der Waals surface area (Å²) in [5.74, 6) is 0. The Morgan fingerprint density at radius 2 is 1.95 bits per heavy atom. The minimum atomic E-state index is 0.916.